The van der Waals surface area contributed by atoms with Gasteiger partial charge in [-0.1, -0.05) is 41.4 Å². The lowest BCUT2D eigenvalue weighted by Crippen LogP contribution is -2.20. The summed E-state index contributed by atoms with van der Waals surface area (Å²) in [6, 6.07) is 5.67. The van der Waals surface area contributed by atoms with Gasteiger partial charge in [0, 0.05) is 4.47 Å². The van der Waals surface area contributed by atoms with Gasteiger partial charge in [-0.2, -0.15) is 0 Å². The first-order valence-electron chi connectivity index (χ1n) is 6.88. The molecule has 0 amide bonds. The van der Waals surface area contributed by atoms with E-state index in [9.17, 15) is 0 Å². The molecule has 1 aromatic carbocycles. The van der Waals surface area contributed by atoms with Crippen LogP contribution in [-0.4, -0.2) is 19.7 Å². The van der Waals surface area contributed by atoms with Crippen LogP contribution in [0.1, 0.15) is 33.1 Å². The Labute approximate surface area is 130 Å². The van der Waals surface area contributed by atoms with Gasteiger partial charge in [0.25, 0.3) is 0 Å². The molecule has 0 spiro atoms. The highest BCUT2D eigenvalue weighted by Crippen LogP contribution is 2.27. The van der Waals surface area contributed by atoms with Crippen molar-refractivity contribution in [2.45, 2.75) is 33.1 Å². The fourth-order valence-corrected chi connectivity index (χ4v) is 2.20. The molecule has 0 saturated carbocycles. The maximum absolute atomic E-state index is 6.05. The Kier molecular flexibility index (Phi) is 8.51. The Hall–Kier alpha value is -0.250. The van der Waals surface area contributed by atoms with Crippen LogP contribution in [0.15, 0.2) is 22.7 Å². The van der Waals surface area contributed by atoms with E-state index in [1.54, 1.807) is 0 Å². The molecule has 19 heavy (non-hydrogen) atoms. The van der Waals surface area contributed by atoms with E-state index in [1.165, 1.54) is 12.8 Å². The quantitative estimate of drug-likeness (QED) is 0.641. The predicted molar refractivity (Wildman–Crippen MR) is 86.2 cm³/mol. The van der Waals surface area contributed by atoms with E-state index in [0.717, 1.165) is 42.3 Å². The van der Waals surface area contributed by atoms with E-state index in [4.69, 9.17) is 16.3 Å². The SMILES string of the molecule is CC(C)CNCCCCCOc1cc(Br)ccc1Cl. The predicted octanol–water partition coefficient (Wildman–Crippen LogP) is 4.90. The molecule has 0 heterocycles. The fourth-order valence-electron chi connectivity index (χ4n) is 1.69. The van der Waals surface area contributed by atoms with Crippen molar-refractivity contribution in [3.05, 3.63) is 27.7 Å². The van der Waals surface area contributed by atoms with Crippen molar-refractivity contribution in [3.63, 3.8) is 0 Å². The lowest BCUT2D eigenvalue weighted by atomic mass is 10.2. The zero-order chi connectivity index (χ0) is 14.1. The highest BCUT2D eigenvalue weighted by Gasteiger charge is 2.01. The Balaban J connectivity index is 2.06. The second-order valence-corrected chi connectivity index (χ2v) is 6.40. The molecule has 1 rings (SSSR count). The summed E-state index contributed by atoms with van der Waals surface area (Å²) in [7, 11) is 0. The van der Waals surface area contributed by atoms with Gasteiger partial charge < -0.3 is 10.1 Å². The van der Waals surface area contributed by atoms with Crippen molar-refractivity contribution >= 4 is 27.5 Å². The minimum Gasteiger partial charge on any atom is -0.492 e. The first-order valence-corrected chi connectivity index (χ1v) is 8.05. The van der Waals surface area contributed by atoms with Crippen molar-refractivity contribution in [1.29, 1.82) is 0 Å². The summed E-state index contributed by atoms with van der Waals surface area (Å²) in [5.41, 5.74) is 0. The minimum atomic E-state index is 0.668. The fraction of sp³-hybridized carbons (Fsp3) is 0.600. The third-order valence-electron chi connectivity index (χ3n) is 2.70. The van der Waals surface area contributed by atoms with Crippen molar-refractivity contribution in [1.82, 2.24) is 5.32 Å². The molecule has 1 N–H and O–H groups in total. The molecule has 0 atom stereocenters. The van der Waals surface area contributed by atoms with E-state index in [2.05, 4.69) is 35.1 Å². The van der Waals surface area contributed by atoms with Gasteiger partial charge in [0.15, 0.2) is 0 Å². The smallest absolute Gasteiger partial charge is 0.139 e. The maximum atomic E-state index is 6.05. The molecule has 0 aromatic heterocycles. The van der Waals surface area contributed by atoms with Gasteiger partial charge in [-0.05, 0) is 56.5 Å². The average Bonchev–Trinajstić information content (AvgIpc) is 2.36. The number of rotatable bonds is 9. The molecule has 4 heteroatoms. The van der Waals surface area contributed by atoms with Crippen molar-refractivity contribution in [3.8, 4) is 5.75 Å². The average molecular weight is 349 g/mol. The first kappa shape index (κ1) is 16.8. The Morgan fingerprint density at radius 3 is 2.79 bits per heavy atom. The van der Waals surface area contributed by atoms with Gasteiger partial charge in [-0.25, -0.2) is 0 Å². The molecular weight excluding hydrogens is 326 g/mol. The summed E-state index contributed by atoms with van der Waals surface area (Å²) in [6.07, 6.45) is 3.44. The highest BCUT2D eigenvalue weighted by atomic mass is 79.9. The summed E-state index contributed by atoms with van der Waals surface area (Å²) in [5, 5.41) is 4.11. The molecular formula is C15H23BrClNO. The summed E-state index contributed by atoms with van der Waals surface area (Å²) < 4.78 is 6.67. The zero-order valence-electron chi connectivity index (χ0n) is 11.7. The van der Waals surface area contributed by atoms with Crippen LogP contribution in [0.2, 0.25) is 5.02 Å². The summed E-state index contributed by atoms with van der Waals surface area (Å²) in [6.45, 7) is 7.37. The number of hydrogen-bond acceptors (Lipinski definition) is 2. The molecule has 0 aliphatic rings. The number of unbranched alkanes of at least 4 members (excludes halogenated alkanes) is 2. The van der Waals surface area contributed by atoms with Gasteiger partial charge in [-0.3, -0.25) is 0 Å². The number of hydrogen-bond donors (Lipinski definition) is 1. The normalized spacial score (nSPS) is 11.0. The molecule has 0 saturated heterocycles. The Morgan fingerprint density at radius 1 is 1.26 bits per heavy atom. The molecule has 108 valence electrons. The lowest BCUT2D eigenvalue weighted by molar-refractivity contribution is 0.304. The van der Waals surface area contributed by atoms with E-state index >= 15 is 0 Å². The van der Waals surface area contributed by atoms with Gasteiger partial charge >= 0.3 is 0 Å². The number of halogens is 2. The van der Waals surface area contributed by atoms with Crippen molar-refractivity contribution in [2.75, 3.05) is 19.7 Å². The molecule has 0 radical (unpaired) electrons. The molecule has 0 aliphatic heterocycles. The summed E-state index contributed by atoms with van der Waals surface area (Å²) in [4.78, 5) is 0. The van der Waals surface area contributed by atoms with Gasteiger partial charge in [-0.15, -0.1) is 0 Å². The highest BCUT2D eigenvalue weighted by molar-refractivity contribution is 9.10. The monoisotopic (exact) mass is 347 g/mol. The molecule has 0 unspecified atom stereocenters. The molecule has 0 bridgehead atoms. The van der Waals surface area contributed by atoms with Crippen LogP contribution in [0, 0.1) is 5.92 Å². The molecule has 0 fully saturated rings. The topological polar surface area (TPSA) is 21.3 Å². The Bertz CT molecular complexity index is 371. The van der Waals surface area contributed by atoms with Crippen LogP contribution < -0.4 is 10.1 Å². The van der Waals surface area contributed by atoms with Gasteiger partial charge in [0.2, 0.25) is 0 Å². The molecule has 0 aliphatic carbocycles. The maximum Gasteiger partial charge on any atom is 0.139 e. The van der Waals surface area contributed by atoms with E-state index in [-0.39, 0.29) is 0 Å². The number of benzene rings is 1. The van der Waals surface area contributed by atoms with Crippen molar-refractivity contribution < 1.29 is 4.74 Å². The third-order valence-corrected chi connectivity index (χ3v) is 3.51. The van der Waals surface area contributed by atoms with Crippen LogP contribution in [0.4, 0.5) is 0 Å². The molecule has 2 nitrogen and oxygen atoms in total. The van der Waals surface area contributed by atoms with E-state index in [0.29, 0.717) is 5.02 Å². The lowest BCUT2D eigenvalue weighted by Gasteiger charge is -2.09. The van der Waals surface area contributed by atoms with Crippen LogP contribution in [0.5, 0.6) is 5.75 Å². The van der Waals surface area contributed by atoms with Gasteiger partial charge in [0.1, 0.15) is 5.75 Å². The zero-order valence-corrected chi connectivity index (χ0v) is 14.1. The second-order valence-electron chi connectivity index (χ2n) is 5.08. The molecule has 1 aromatic rings. The number of ether oxygens (including phenoxy) is 1. The largest absolute Gasteiger partial charge is 0.492 e. The third kappa shape index (κ3) is 7.81. The van der Waals surface area contributed by atoms with Gasteiger partial charge in [0.05, 0.1) is 11.6 Å². The Morgan fingerprint density at radius 2 is 2.05 bits per heavy atom. The summed E-state index contributed by atoms with van der Waals surface area (Å²) >= 11 is 9.46. The van der Waals surface area contributed by atoms with Crippen LogP contribution in [0.25, 0.3) is 0 Å². The number of nitrogens with one attached hydrogen (secondary N) is 1. The van der Waals surface area contributed by atoms with E-state index in [1.807, 2.05) is 18.2 Å². The minimum absolute atomic E-state index is 0.668. The first-order chi connectivity index (χ1) is 9.09. The standard InChI is InChI=1S/C15H23BrClNO/c1-12(2)11-18-8-4-3-5-9-19-15-10-13(16)6-7-14(15)17/h6-7,10,12,18H,3-5,8-9,11H2,1-2H3. The second kappa shape index (κ2) is 9.62. The van der Waals surface area contributed by atoms with Crippen LogP contribution >= 0.6 is 27.5 Å². The van der Waals surface area contributed by atoms with Crippen LogP contribution in [0.3, 0.4) is 0 Å². The van der Waals surface area contributed by atoms with Crippen molar-refractivity contribution in [2.24, 2.45) is 5.92 Å². The van der Waals surface area contributed by atoms with E-state index < -0.39 is 0 Å². The summed E-state index contributed by atoms with van der Waals surface area (Å²) in [5.74, 6) is 1.48. The van der Waals surface area contributed by atoms with Crippen LogP contribution in [-0.2, 0) is 0 Å².